The van der Waals surface area contributed by atoms with Gasteiger partial charge >= 0.3 is 0 Å². The van der Waals surface area contributed by atoms with Gasteiger partial charge in [-0.05, 0) is 56.4 Å². The van der Waals surface area contributed by atoms with Crippen LogP contribution in [-0.4, -0.2) is 33.7 Å². The lowest BCUT2D eigenvalue weighted by atomic mass is 9.87. The zero-order chi connectivity index (χ0) is 21.1. The average molecular weight is 406 g/mol. The molecule has 4 rings (SSSR count). The smallest absolute Gasteiger partial charge is 0.257 e. The number of hydrogen-bond acceptors (Lipinski definition) is 5. The molecule has 1 atom stereocenters. The van der Waals surface area contributed by atoms with Crippen LogP contribution in [0, 0.1) is 12.8 Å². The van der Waals surface area contributed by atoms with E-state index in [1.807, 2.05) is 30.5 Å². The maximum atomic E-state index is 13.3. The Morgan fingerprint density at radius 2 is 2.10 bits per heavy atom. The summed E-state index contributed by atoms with van der Waals surface area (Å²) in [4.78, 5) is 35.1. The first-order chi connectivity index (χ1) is 14.6. The summed E-state index contributed by atoms with van der Waals surface area (Å²) >= 11 is 0. The van der Waals surface area contributed by atoms with Crippen LogP contribution in [0.4, 0.5) is 0 Å². The van der Waals surface area contributed by atoms with Crippen molar-refractivity contribution in [3.63, 3.8) is 0 Å². The lowest BCUT2D eigenvalue weighted by Gasteiger charge is -2.31. The summed E-state index contributed by atoms with van der Waals surface area (Å²) in [6.45, 7) is 5.80. The number of nitrogens with zero attached hydrogens (tertiary/aromatic N) is 3. The summed E-state index contributed by atoms with van der Waals surface area (Å²) in [5.74, 6) is -0.143. The highest BCUT2D eigenvalue weighted by Crippen LogP contribution is 2.30. The van der Waals surface area contributed by atoms with Gasteiger partial charge in [0.25, 0.3) is 5.91 Å². The molecule has 1 amide bonds. The molecule has 1 aliphatic rings. The standard InChI is InChI=1S/C23H26N4O3/c1-3-27-14-19(21(28)18-7-6-15(2)25-22(18)27)23(29)26-20(16-8-11-30-12-9-16)17-5-4-10-24-13-17/h4-7,10,13-14,16,20H,3,8-9,11-12H2,1-2H3,(H,26,29). The number of hydrogen-bond donors (Lipinski definition) is 1. The molecule has 0 bridgehead atoms. The molecule has 7 nitrogen and oxygen atoms in total. The Kier molecular flexibility index (Phi) is 5.90. The fraction of sp³-hybridized carbons (Fsp3) is 0.391. The predicted molar refractivity (Wildman–Crippen MR) is 114 cm³/mol. The number of nitrogens with one attached hydrogen (secondary N) is 1. The number of pyridine rings is 3. The zero-order valence-electron chi connectivity index (χ0n) is 17.3. The molecular weight excluding hydrogens is 380 g/mol. The molecule has 0 radical (unpaired) electrons. The minimum Gasteiger partial charge on any atom is -0.381 e. The van der Waals surface area contributed by atoms with Crippen molar-refractivity contribution in [2.45, 2.75) is 39.3 Å². The minimum absolute atomic E-state index is 0.135. The Morgan fingerprint density at radius 3 is 2.80 bits per heavy atom. The van der Waals surface area contributed by atoms with Gasteiger partial charge in [-0.1, -0.05) is 6.07 Å². The van der Waals surface area contributed by atoms with Crippen molar-refractivity contribution in [1.29, 1.82) is 0 Å². The van der Waals surface area contributed by atoms with Crippen molar-refractivity contribution in [3.8, 4) is 0 Å². The molecule has 3 aromatic heterocycles. The molecule has 156 valence electrons. The minimum atomic E-state index is -0.370. The van der Waals surface area contributed by atoms with Gasteiger partial charge in [-0.25, -0.2) is 4.98 Å². The van der Waals surface area contributed by atoms with Gasteiger partial charge in [0, 0.05) is 44.0 Å². The van der Waals surface area contributed by atoms with E-state index in [0.29, 0.717) is 30.8 Å². The molecule has 4 heterocycles. The van der Waals surface area contributed by atoms with E-state index in [0.717, 1.165) is 24.1 Å². The Labute approximate surface area is 175 Å². The van der Waals surface area contributed by atoms with Gasteiger partial charge in [-0.15, -0.1) is 0 Å². The third-order valence-corrected chi connectivity index (χ3v) is 5.71. The van der Waals surface area contributed by atoms with E-state index in [2.05, 4.69) is 15.3 Å². The SMILES string of the molecule is CCn1cc(C(=O)NC(c2cccnc2)C2CCOCC2)c(=O)c2ccc(C)nc21. The molecule has 1 N–H and O–H groups in total. The van der Waals surface area contributed by atoms with Crippen LogP contribution in [0.2, 0.25) is 0 Å². The molecule has 1 unspecified atom stereocenters. The quantitative estimate of drug-likeness (QED) is 0.704. The molecule has 0 aliphatic carbocycles. The highest BCUT2D eigenvalue weighted by atomic mass is 16.5. The summed E-state index contributed by atoms with van der Waals surface area (Å²) in [6.07, 6.45) is 6.80. The Balaban J connectivity index is 1.72. The molecule has 1 fully saturated rings. The molecule has 0 spiro atoms. The number of rotatable bonds is 5. The normalized spacial score (nSPS) is 15.8. The van der Waals surface area contributed by atoms with Crippen LogP contribution in [0.25, 0.3) is 11.0 Å². The van der Waals surface area contributed by atoms with Gasteiger partial charge < -0.3 is 14.6 Å². The van der Waals surface area contributed by atoms with Gasteiger partial charge in [0.2, 0.25) is 5.43 Å². The summed E-state index contributed by atoms with van der Waals surface area (Å²) in [5.41, 5.74) is 2.21. The second kappa shape index (κ2) is 8.75. The lowest BCUT2D eigenvalue weighted by molar-refractivity contribution is 0.0513. The van der Waals surface area contributed by atoms with Crippen LogP contribution >= 0.6 is 0 Å². The molecule has 0 aromatic carbocycles. The molecule has 1 saturated heterocycles. The van der Waals surface area contributed by atoms with Gasteiger partial charge in [0.05, 0.1) is 11.4 Å². The topological polar surface area (TPSA) is 86.1 Å². The summed E-state index contributed by atoms with van der Waals surface area (Å²) in [5, 5.41) is 3.58. The second-order valence-corrected chi connectivity index (χ2v) is 7.67. The molecule has 0 saturated carbocycles. The maximum Gasteiger partial charge on any atom is 0.257 e. The van der Waals surface area contributed by atoms with Crippen LogP contribution in [0.1, 0.15) is 47.4 Å². The first kappa shape index (κ1) is 20.2. The highest BCUT2D eigenvalue weighted by molar-refractivity contribution is 5.97. The van der Waals surface area contributed by atoms with Crippen LogP contribution in [0.5, 0.6) is 0 Å². The Bertz CT molecular complexity index is 1100. The van der Waals surface area contributed by atoms with Gasteiger partial charge in [0.1, 0.15) is 11.2 Å². The van der Waals surface area contributed by atoms with E-state index in [-0.39, 0.29) is 28.9 Å². The third-order valence-electron chi connectivity index (χ3n) is 5.71. The fourth-order valence-corrected chi connectivity index (χ4v) is 4.06. The van der Waals surface area contributed by atoms with E-state index in [1.165, 1.54) is 0 Å². The zero-order valence-corrected chi connectivity index (χ0v) is 17.3. The average Bonchev–Trinajstić information content (AvgIpc) is 2.78. The van der Waals surface area contributed by atoms with Crippen LogP contribution in [-0.2, 0) is 11.3 Å². The molecular formula is C23H26N4O3. The molecule has 1 aliphatic heterocycles. The van der Waals surface area contributed by atoms with Crippen molar-refractivity contribution in [2.75, 3.05) is 13.2 Å². The van der Waals surface area contributed by atoms with E-state index in [4.69, 9.17) is 4.74 Å². The Morgan fingerprint density at radius 1 is 1.30 bits per heavy atom. The third kappa shape index (κ3) is 3.98. The van der Waals surface area contributed by atoms with Crippen molar-refractivity contribution in [1.82, 2.24) is 19.9 Å². The van der Waals surface area contributed by atoms with Crippen LogP contribution in [0.3, 0.4) is 0 Å². The monoisotopic (exact) mass is 406 g/mol. The van der Waals surface area contributed by atoms with E-state index >= 15 is 0 Å². The van der Waals surface area contributed by atoms with E-state index in [1.54, 1.807) is 30.7 Å². The molecule has 30 heavy (non-hydrogen) atoms. The maximum absolute atomic E-state index is 13.3. The second-order valence-electron chi connectivity index (χ2n) is 7.67. The van der Waals surface area contributed by atoms with Crippen LogP contribution < -0.4 is 10.7 Å². The van der Waals surface area contributed by atoms with E-state index < -0.39 is 0 Å². The first-order valence-electron chi connectivity index (χ1n) is 10.4. The molecule has 7 heteroatoms. The molecule has 3 aromatic rings. The lowest BCUT2D eigenvalue weighted by Crippen LogP contribution is -2.38. The van der Waals surface area contributed by atoms with Gasteiger partial charge in [-0.3, -0.25) is 14.6 Å². The van der Waals surface area contributed by atoms with Crippen molar-refractivity contribution in [3.05, 3.63) is 69.9 Å². The number of fused-ring (bicyclic) bond motifs is 1. The van der Waals surface area contributed by atoms with E-state index in [9.17, 15) is 9.59 Å². The number of amides is 1. The number of aromatic nitrogens is 3. The van der Waals surface area contributed by atoms with Crippen LogP contribution in [0.15, 0.2) is 47.7 Å². The van der Waals surface area contributed by atoms with Crippen molar-refractivity contribution in [2.24, 2.45) is 5.92 Å². The first-order valence-corrected chi connectivity index (χ1v) is 10.4. The van der Waals surface area contributed by atoms with Crippen molar-refractivity contribution < 1.29 is 9.53 Å². The number of carbonyl (C=O) groups excluding carboxylic acids is 1. The fourth-order valence-electron chi connectivity index (χ4n) is 4.06. The number of carbonyl (C=O) groups is 1. The Hall–Kier alpha value is -3.06. The summed E-state index contributed by atoms with van der Waals surface area (Å²) < 4.78 is 7.35. The number of ether oxygens (including phenoxy) is 1. The number of aryl methyl sites for hydroxylation is 2. The van der Waals surface area contributed by atoms with Gasteiger partial charge in [0.15, 0.2) is 0 Å². The highest BCUT2D eigenvalue weighted by Gasteiger charge is 2.28. The predicted octanol–water partition coefficient (Wildman–Crippen LogP) is 3.02. The summed E-state index contributed by atoms with van der Waals surface area (Å²) in [6, 6.07) is 7.15. The van der Waals surface area contributed by atoms with Gasteiger partial charge in [-0.2, -0.15) is 0 Å². The van der Waals surface area contributed by atoms with Crippen molar-refractivity contribution >= 4 is 16.9 Å². The largest absolute Gasteiger partial charge is 0.381 e. The summed E-state index contributed by atoms with van der Waals surface area (Å²) in [7, 11) is 0.